The molecule has 0 spiro atoms. The molecule has 9 aromatic carbocycles. The average Bonchev–Trinajstić information content (AvgIpc) is 3.71. The number of anilines is 3. The molecule has 3 heteroatoms. The summed E-state index contributed by atoms with van der Waals surface area (Å²) in [7, 11) is 0. The molecule has 0 aliphatic carbocycles. The Hall–Kier alpha value is -6.16. The van der Waals surface area contributed by atoms with Gasteiger partial charge in [0.25, 0.3) is 0 Å². The number of benzene rings is 9. The molecule has 0 radical (unpaired) electrons. The van der Waals surface area contributed by atoms with E-state index in [0.29, 0.717) is 0 Å². The number of rotatable bonds is 2. The summed E-state index contributed by atoms with van der Waals surface area (Å²) in [6.07, 6.45) is 0. The summed E-state index contributed by atoms with van der Waals surface area (Å²) in [6.45, 7) is 0.144. The molecular formula is C48H28BNS. The number of fused-ring (bicyclic) bond motifs is 11. The second-order valence-corrected chi connectivity index (χ2v) is 15.2. The van der Waals surface area contributed by atoms with Crippen LogP contribution in [0.2, 0.25) is 0 Å². The smallest absolute Gasteiger partial charge is 0.248 e. The Kier molecular flexibility index (Phi) is 5.53. The third kappa shape index (κ3) is 3.93. The zero-order valence-corrected chi connectivity index (χ0v) is 28.4. The summed E-state index contributed by atoms with van der Waals surface area (Å²) in [5.74, 6) is 0. The van der Waals surface area contributed by atoms with Crippen molar-refractivity contribution in [1.82, 2.24) is 0 Å². The van der Waals surface area contributed by atoms with Gasteiger partial charge in [-0.3, -0.25) is 0 Å². The van der Waals surface area contributed by atoms with Gasteiger partial charge in [-0.2, -0.15) is 0 Å². The van der Waals surface area contributed by atoms with Gasteiger partial charge in [-0.15, -0.1) is 11.3 Å². The minimum Gasteiger partial charge on any atom is -0.311 e. The van der Waals surface area contributed by atoms with E-state index in [1.165, 1.54) is 108 Å². The van der Waals surface area contributed by atoms with Gasteiger partial charge in [0.05, 0.1) is 0 Å². The summed E-state index contributed by atoms with van der Waals surface area (Å²) < 4.78 is 2.67. The van der Waals surface area contributed by atoms with Crippen LogP contribution < -0.4 is 21.3 Å². The highest BCUT2D eigenvalue weighted by molar-refractivity contribution is 7.25. The lowest BCUT2D eigenvalue weighted by Gasteiger charge is -2.37. The van der Waals surface area contributed by atoms with Crippen molar-refractivity contribution in [2.75, 3.05) is 4.90 Å². The topological polar surface area (TPSA) is 3.24 Å². The predicted molar refractivity (Wildman–Crippen MR) is 222 cm³/mol. The van der Waals surface area contributed by atoms with Gasteiger partial charge in [-0.1, -0.05) is 127 Å². The van der Waals surface area contributed by atoms with Crippen LogP contribution in [-0.2, 0) is 0 Å². The maximum Gasteiger partial charge on any atom is 0.248 e. The Balaban J connectivity index is 1.19. The first-order chi connectivity index (χ1) is 25.2. The fourth-order valence-electron chi connectivity index (χ4n) is 9.02. The van der Waals surface area contributed by atoms with E-state index in [-0.39, 0.29) is 6.71 Å². The molecule has 0 unspecified atom stereocenters. The van der Waals surface area contributed by atoms with Crippen molar-refractivity contribution in [1.29, 1.82) is 0 Å². The molecule has 10 aromatic rings. The maximum atomic E-state index is 2.55. The summed E-state index contributed by atoms with van der Waals surface area (Å²) in [5, 5.41) is 10.3. The lowest BCUT2D eigenvalue weighted by Crippen LogP contribution is -2.54. The fraction of sp³-hybridized carbons (Fsp3) is 0. The van der Waals surface area contributed by atoms with Gasteiger partial charge in [-0.05, 0) is 114 Å². The molecule has 1 aromatic heterocycles. The standard InChI is InChI=1S/C48H28BNS/c1-2-10-30-21-37(19-17-29(30)9-1)50-44-26-34-14-6-5-13-33(34)25-43(44)49-42-24-32-12-4-3-11-31(32)22-40(42)41-23-36(27-45(50)48(41)49)35-18-20-39-38-15-7-8-16-46(38)51-47(39)28-35/h1-28H. The van der Waals surface area contributed by atoms with E-state index in [0.717, 1.165) is 0 Å². The second kappa shape index (κ2) is 10.2. The zero-order chi connectivity index (χ0) is 33.2. The molecule has 0 bridgehead atoms. The van der Waals surface area contributed by atoms with Crippen LogP contribution >= 0.6 is 11.3 Å². The molecule has 0 atom stereocenters. The number of nitrogens with zero attached hydrogens (tertiary/aromatic N) is 1. The van der Waals surface area contributed by atoms with Gasteiger partial charge in [0.1, 0.15) is 0 Å². The van der Waals surface area contributed by atoms with Crippen molar-refractivity contribution in [3.63, 3.8) is 0 Å². The molecule has 1 nitrogen and oxygen atoms in total. The largest absolute Gasteiger partial charge is 0.311 e. The molecule has 3 heterocycles. The lowest BCUT2D eigenvalue weighted by atomic mass is 9.37. The Morgan fingerprint density at radius 1 is 0.392 bits per heavy atom. The highest BCUT2D eigenvalue weighted by atomic mass is 32.1. The van der Waals surface area contributed by atoms with Crippen LogP contribution in [0.25, 0.3) is 74.7 Å². The quantitative estimate of drug-likeness (QED) is 0.167. The van der Waals surface area contributed by atoms with Crippen molar-refractivity contribution in [3.8, 4) is 22.3 Å². The van der Waals surface area contributed by atoms with E-state index >= 15 is 0 Å². The van der Waals surface area contributed by atoms with Crippen molar-refractivity contribution >= 4 is 104 Å². The third-order valence-corrected chi connectivity index (χ3v) is 12.5. The second-order valence-electron chi connectivity index (χ2n) is 14.1. The van der Waals surface area contributed by atoms with Gasteiger partial charge in [-0.25, -0.2) is 0 Å². The monoisotopic (exact) mass is 661 g/mol. The van der Waals surface area contributed by atoms with Crippen LogP contribution in [0.3, 0.4) is 0 Å². The summed E-state index contributed by atoms with van der Waals surface area (Å²) in [5.41, 5.74) is 13.1. The van der Waals surface area contributed by atoms with Gasteiger partial charge < -0.3 is 4.90 Å². The highest BCUT2D eigenvalue weighted by Crippen LogP contribution is 2.45. The SMILES string of the molecule is c1ccc2cc(N3c4cc5ccccc5cc4B4c5cc6ccccc6cc5-c5cc(-c6ccc7c(c6)sc6ccccc67)cc3c54)ccc2c1. The van der Waals surface area contributed by atoms with Crippen molar-refractivity contribution in [2.45, 2.75) is 0 Å². The summed E-state index contributed by atoms with van der Waals surface area (Å²) in [4.78, 5) is 2.55. The van der Waals surface area contributed by atoms with Gasteiger partial charge >= 0.3 is 0 Å². The Morgan fingerprint density at radius 2 is 1.04 bits per heavy atom. The van der Waals surface area contributed by atoms with Crippen LogP contribution in [0.5, 0.6) is 0 Å². The maximum absolute atomic E-state index is 2.55. The molecule has 0 fully saturated rings. The van der Waals surface area contributed by atoms with E-state index in [2.05, 4.69) is 175 Å². The summed E-state index contributed by atoms with van der Waals surface area (Å²) in [6, 6.07) is 63.9. The average molecular weight is 662 g/mol. The zero-order valence-electron chi connectivity index (χ0n) is 27.6. The number of hydrogen-bond acceptors (Lipinski definition) is 2. The van der Waals surface area contributed by atoms with Gasteiger partial charge in [0, 0.05) is 37.2 Å². The van der Waals surface area contributed by atoms with Crippen molar-refractivity contribution in [3.05, 3.63) is 170 Å². The molecule has 2 aliphatic rings. The van der Waals surface area contributed by atoms with Gasteiger partial charge in [0.15, 0.2) is 0 Å². The molecular weight excluding hydrogens is 633 g/mol. The molecule has 12 rings (SSSR count). The minimum absolute atomic E-state index is 0.144. The first kappa shape index (κ1) is 27.6. The van der Waals surface area contributed by atoms with Crippen molar-refractivity contribution < 1.29 is 0 Å². The minimum atomic E-state index is 0.144. The number of hydrogen-bond donors (Lipinski definition) is 0. The Morgan fingerprint density at radius 3 is 1.84 bits per heavy atom. The molecule has 0 saturated heterocycles. The van der Waals surface area contributed by atoms with E-state index in [9.17, 15) is 0 Å². The molecule has 0 amide bonds. The number of thiophene rings is 1. The van der Waals surface area contributed by atoms with Crippen LogP contribution in [0.1, 0.15) is 0 Å². The predicted octanol–water partition coefficient (Wildman–Crippen LogP) is 11.5. The van der Waals surface area contributed by atoms with Crippen LogP contribution in [0.15, 0.2) is 170 Å². The molecule has 51 heavy (non-hydrogen) atoms. The Bertz CT molecular complexity index is 3120. The molecule has 2 aliphatic heterocycles. The Labute approximate surface area is 299 Å². The lowest BCUT2D eigenvalue weighted by molar-refractivity contribution is 1.31. The van der Waals surface area contributed by atoms with E-state index in [4.69, 9.17) is 0 Å². The van der Waals surface area contributed by atoms with Crippen LogP contribution in [0.4, 0.5) is 17.1 Å². The normalized spacial score (nSPS) is 13.0. The molecule has 234 valence electrons. The third-order valence-electron chi connectivity index (χ3n) is 11.4. The molecule has 0 N–H and O–H groups in total. The van der Waals surface area contributed by atoms with Crippen LogP contribution in [-0.4, -0.2) is 6.71 Å². The first-order valence-electron chi connectivity index (χ1n) is 17.7. The highest BCUT2D eigenvalue weighted by Gasteiger charge is 2.43. The fourth-order valence-corrected chi connectivity index (χ4v) is 10.2. The van der Waals surface area contributed by atoms with Crippen LogP contribution in [0, 0.1) is 0 Å². The molecule has 0 saturated carbocycles. The van der Waals surface area contributed by atoms with E-state index in [1.54, 1.807) is 0 Å². The van der Waals surface area contributed by atoms with E-state index in [1.807, 2.05) is 11.3 Å². The first-order valence-corrected chi connectivity index (χ1v) is 18.5. The van der Waals surface area contributed by atoms with E-state index < -0.39 is 0 Å². The van der Waals surface area contributed by atoms with Crippen molar-refractivity contribution in [2.24, 2.45) is 0 Å². The summed E-state index contributed by atoms with van der Waals surface area (Å²) >= 11 is 1.89. The van der Waals surface area contributed by atoms with Gasteiger partial charge in [0.2, 0.25) is 6.71 Å².